The van der Waals surface area contributed by atoms with Crippen LogP contribution in [-0.2, 0) is 0 Å². The molecule has 0 spiro atoms. The summed E-state index contributed by atoms with van der Waals surface area (Å²) in [4.78, 5) is 0. The molecule has 0 bridgehead atoms. The maximum atomic E-state index is 12.8. The summed E-state index contributed by atoms with van der Waals surface area (Å²) in [5, 5.41) is -0.263. The van der Waals surface area contributed by atoms with Crippen LogP contribution in [0.5, 0.6) is 0 Å². The van der Waals surface area contributed by atoms with Gasteiger partial charge in [-0.2, -0.15) is 13.2 Å². The van der Waals surface area contributed by atoms with Gasteiger partial charge < -0.3 is 0 Å². The van der Waals surface area contributed by atoms with Gasteiger partial charge in [-0.3, -0.25) is 0 Å². The predicted molar refractivity (Wildman–Crippen MR) is 65.1 cm³/mol. The summed E-state index contributed by atoms with van der Waals surface area (Å²) in [5.74, 6) is -3.06. The van der Waals surface area contributed by atoms with Gasteiger partial charge in [-0.25, -0.2) is 4.39 Å². The number of rotatable bonds is 2. The zero-order valence-corrected chi connectivity index (χ0v) is 11.2. The highest BCUT2D eigenvalue weighted by molar-refractivity contribution is 6.48. The van der Waals surface area contributed by atoms with Gasteiger partial charge in [0.1, 0.15) is 5.92 Å². The van der Waals surface area contributed by atoms with Crippen molar-refractivity contribution in [2.45, 2.75) is 19.0 Å². The van der Waals surface area contributed by atoms with Crippen LogP contribution in [0.2, 0.25) is 15.1 Å². The monoisotopic (exact) mass is 320 g/mol. The van der Waals surface area contributed by atoms with Gasteiger partial charge in [0.15, 0.2) is 0 Å². The Labute approximate surface area is 116 Å². The molecule has 100 valence electrons. The van der Waals surface area contributed by atoms with Crippen LogP contribution in [0.15, 0.2) is 24.0 Å². The molecule has 0 nitrogen and oxygen atoms in total. The highest BCUT2D eigenvalue weighted by Gasteiger charge is 2.40. The SMILES string of the molecule is C/C(F)=C/C(c1cc(Cl)c(Cl)c(Cl)c1)C(F)(F)F. The van der Waals surface area contributed by atoms with Crippen molar-refractivity contribution >= 4 is 34.8 Å². The predicted octanol–water partition coefficient (Wildman–Crippen LogP) is 6.17. The fourth-order valence-corrected chi connectivity index (χ4v) is 1.98. The van der Waals surface area contributed by atoms with Crippen LogP contribution in [0.3, 0.4) is 0 Å². The van der Waals surface area contributed by atoms with Crippen molar-refractivity contribution in [2.24, 2.45) is 0 Å². The molecular weight excluding hydrogens is 314 g/mol. The van der Waals surface area contributed by atoms with E-state index in [0.717, 1.165) is 19.1 Å². The molecule has 0 radical (unpaired) electrons. The van der Waals surface area contributed by atoms with E-state index in [2.05, 4.69) is 0 Å². The van der Waals surface area contributed by atoms with Crippen LogP contribution in [0.25, 0.3) is 0 Å². The van der Waals surface area contributed by atoms with Crippen molar-refractivity contribution in [1.29, 1.82) is 0 Å². The third-order valence-electron chi connectivity index (χ3n) is 2.11. The minimum absolute atomic E-state index is 0.0380. The maximum Gasteiger partial charge on any atom is 0.399 e. The first kappa shape index (κ1) is 15.6. The van der Waals surface area contributed by atoms with Gasteiger partial charge in [0.25, 0.3) is 0 Å². The van der Waals surface area contributed by atoms with Gasteiger partial charge in [0, 0.05) is 0 Å². The van der Waals surface area contributed by atoms with Crippen LogP contribution in [0.1, 0.15) is 18.4 Å². The lowest BCUT2D eigenvalue weighted by molar-refractivity contribution is -0.139. The Hall–Kier alpha value is -0.450. The molecule has 0 amide bonds. The Balaban J connectivity index is 3.35. The summed E-state index contributed by atoms with van der Waals surface area (Å²) < 4.78 is 51.1. The topological polar surface area (TPSA) is 0 Å². The number of hydrogen-bond donors (Lipinski definition) is 0. The van der Waals surface area contributed by atoms with E-state index in [0.29, 0.717) is 6.08 Å². The van der Waals surface area contributed by atoms with Crippen LogP contribution in [0.4, 0.5) is 17.6 Å². The Morgan fingerprint density at radius 1 is 1.17 bits per heavy atom. The van der Waals surface area contributed by atoms with E-state index in [4.69, 9.17) is 34.8 Å². The van der Waals surface area contributed by atoms with Crippen molar-refractivity contribution in [3.8, 4) is 0 Å². The molecule has 0 aliphatic rings. The van der Waals surface area contributed by atoms with Gasteiger partial charge >= 0.3 is 6.18 Å². The largest absolute Gasteiger partial charge is 0.399 e. The van der Waals surface area contributed by atoms with Crippen LogP contribution >= 0.6 is 34.8 Å². The summed E-state index contributed by atoms with van der Waals surface area (Å²) in [6, 6.07) is 2.04. The van der Waals surface area contributed by atoms with E-state index in [1.54, 1.807) is 0 Å². The second kappa shape index (κ2) is 5.68. The van der Waals surface area contributed by atoms with E-state index in [1.807, 2.05) is 0 Å². The highest BCUT2D eigenvalue weighted by atomic mass is 35.5. The smallest absolute Gasteiger partial charge is 0.212 e. The minimum atomic E-state index is -4.65. The zero-order chi connectivity index (χ0) is 14.1. The van der Waals surface area contributed by atoms with Gasteiger partial charge in [0.05, 0.1) is 20.9 Å². The molecule has 1 atom stereocenters. The first-order valence-electron chi connectivity index (χ1n) is 4.68. The lowest BCUT2D eigenvalue weighted by Crippen LogP contribution is -2.19. The molecule has 1 rings (SSSR count). The molecule has 0 N–H and O–H groups in total. The fraction of sp³-hybridized carbons (Fsp3) is 0.273. The number of hydrogen-bond acceptors (Lipinski definition) is 0. The molecular formula is C11H7Cl3F4. The first-order chi connectivity index (χ1) is 8.12. The third-order valence-corrected chi connectivity index (χ3v) is 3.31. The molecule has 0 fully saturated rings. The molecule has 0 aromatic heterocycles. The summed E-state index contributed by atoms with van der Waals surface area (Å²) in [6.45, 7) is 0.928. The molecule has 0 aliphatic carbocycles. The summed E-state index contributed by atoms with van der Waals surface area (Å²) in [6.07, 6.45) is -4.19. The molecule has 1 unspecified atom stereocenters. The second-order valence-electron chi connectivity index (χ2n) is 3.57. The maximum absolute atomic E-state index is 12.8. The molecule has 1 aromatic carbocycles. The van der Waals surface area contributed by atoms with Crippen molar-refractivity contribution in [1.82, 2.24) is 0 Å². The third kappa shape index (κ3) is 3.77. The van der Waals surface area contributed by atoms with E-state index in [-0.39, 0.29) is 20.6 Å². The molecule has 0 aliphatic heterocycles. The first-order valence-corrected chi connectivity index (χ1v) is 5.81. The highest BCUT2D eigenvalue weighted by Crippen LogP contribution is 2.41. The van der Waals surface area contributed by atoms with E-state index >= 15 is 0 Å². The lowest BCUT2D eigenvalue weighted by atomic mass is 9.98. The zero-order valence-electron chi connectivity index (χ0n) is 8.96. The van der Waals surface area contributed by atoms with Crippen molar-refractivity contribution in [3.05, 3.63) is 44.7 Å². The van der Waals surface area contributed by atoms with Gasteiger partial charge in [-0.15, -0.1) is 0 Å². The Morgan fingerprint density at radius 3 is 1.94 bits per heavy atom. The summed E-state index contributed by atoms with van der Waals surface area (Å²) in [5.41, 5.74) is -0.265. The second-order valence-corrected chi connectivity index (χ2v) is 4.76. The van der Waals surface area contributed by atoms with Crippen molar-refractivity contribution in [3.63, 3.8) is 0 Å². The normalized spacial score (nSPS) is 14.8. The molecule has 1 aromatic rings. The average molecular weight is 322 g/mol. The van der Waals surface area contributed by atoms with Crippen LogP contribution < -0.4 is 0 Å². The average Bonchev–Trinajstić information content (AvgIpc) is 2.20. The summed E-state index contributed by atoms with van der Waals surface area (Å²) in [7, 11) is 0. The van der Waals surface area contributed by atoms with E-state index in [9.17, 15) is 17.6 Å². The van der Waals surface area contributed by atoms with Gasteiger partial charge in [0.2, 0.25) is 0 Å². The standard InChI is InChI=1S/C11H7Cl3F4/c1-5(15)2-7(11(16,17)18)6-3-8(12)10(14)9(13)4-6/h2-4,7H,1H3/b5-2-. The molecule has 7 heteroatoms. The Kier molecular flexibility index (Phi) is 4.92. The molecule has 0 heterocycles. The molecule has 0 saturated heterocycles. The molecule has 0 saturated carbocycles. The number of halogens is 7. The Bertz CT molecular complexity index is 453. The van der Waals surface area contributed by atoms with E-state index in [1.165, 1.54) is 0 Å². The number of allylic oxidation sites excluding steroid dienone is 2. The van der Waals surface area contributed by atoms with Crippen LogP contribution in [0, 0.1) is 0 Å². The molecule has 18 heavy (non-hydrogen) atoms. The number of benzene rings is 1. The quantitative estimate of drug-likeness (QED) is 0.451. The lowest BCUT2D eigenvalue weighted by Gasteiger charge is -2.18. The van der Waals surface area contributed by atoms with E-state index < -0.39 is 17.9 Å². The van der Waals surface area contributed by atoms with Crippen LogP contribution in [-0.4, -0.2) is 6.18 Å². The number of alkyl halides is 3. The fourth-order valence-electron chi connectivity index (χ4n) is 1.36. The Morgan fingerprint density at radius 2 is 1.61 bits per heavy atom. The van der Waals surface area contributed by atoms with Crippen molar-refractivity contribution < 1.29 is 17.6 Å². The van der Waals surface area contributed by atoms with Gasteiger partial charge in [-0.1, -0.05) is 34.8 Å². The van der Waals surface area contributed by atoms with Gasteiger partial charge in [-0.05, 0) is 30.7 Å². The summed E-state index contributed by atoms with van der Waals surface area (Å²) >= 11 is 16.9. The minimum Gasteiger partial charge on any atom is -0.212 e. The van der Waals surface area contributed by atoms with Crippen molar-refractivity contribution in [2.75, 3.05) is 0 Å².